The molecule has 0 unspecified atom stereocenters. The van der Waals surface area contributed by atoms with Crippen molar-refractivity contribution in [3.8, 4) is 11.1 Å². The zero-order valence-corrected chi connectivity index (χ0v) is 18.2. The van der Waals surface area contributed by atoms with Crippen molar-refractivity contribution in [1.29, 1.82) is 0 Å². The van der Waals surface area contributed by atoms with Crippen LogP contribution in [0.3, 0.4) is 0 Å². The van der Waals surface area contributed by atoms with E-state index in [9.17, 15) is 18.4 Å². The summed E-state index contributed by atoms with van der Waals surface area (Å²) in [7, 11) is 1.66. The molecule has 4 rings (SSSR count). The number of thiophene rings is 1. The number of amides is 2. The molecule has 0 fully saturated rings. The van der Waals surface area contributed by atoms with Gasteiger partial charge in [-0.25, -0.2) is 13.8 Å². The number of nitrogens with one attached hydrogen (secondary N) is 1. The summed E-state index contributed by atoms with van der Waals surface area (Å²) in [5.74, 6) is -1.38. The van der Waals surface area contributed by atoms with Crippen LogP contribution in [0.4, 0.5) is 14.5 Å². The molecule has 4 aromatic heterocycles. The molecule has 0 saturated carbocycles. The molecular weight excluding hydrogens is 440 g/mol. The molecule has 0 aromatic carbocycles. The molecule has 32 heavy (non-hydrogen) atoms. The number of anilines is 1. The lowest BCUT2D eigenvalue weighted by molar-refractivity contribution is 0.100. The van der Waals surface area contributed by atoms with E-state index < -0.39 is 23.9 Å². The maximum absolute atomic E-state index is 13.6. The molecule has 0 aliphatic heterocycles. The van der Waals surface area contributed by atoms with Crippen molar-refractivity contribution in [3.05, 3.63) is 46.5 Å². The number of primary amides is 1. The molecule has 0 saturated heterocycles. The number of hydrogen-bond donors (Lipinski definition) is 2. The van der Waals surface area contributed by atoms with Crippen LogP contribution < -0.4 is 11.1 Å². The van der Waals surface area contributed by atoms with Crippen LogP contribution >= 0.6 is 11.3 Å². The van der Waals surface area contributed by atoms with E-state index in [1.807, 2.05) is 6.92 Å². The molecule has 0 aliphatic rings. The van der Waals surface area contributed by atoms with Gasteiger partial charge in [-0.05, 0) is 31.5 Å². The molecular formula is C20H19F2N7O2S. The highest BCUT2D eigenvalue weighted by Crippen LogP contribution is 2.43. The summed E-state index contributed by atoms with van der Waals surface area (Å²) in [6.07, 6.45) is 0.496. The van der Waals surface area contributed by atoms with Crippen LogP contribution in [0.2, 0.25) is 0 Å². The second kappa shape index (κ2) is 8.11. The summed E-state index contributed by atoms with van der Waals surface area (Å²) in [6, 6.07) is 2.77. The van der Waals surface area contributed by atoms with Crippen LogP contribution in [0.1, 0.15) is 44.9 Å². The highest BCUT2D eigenvalue weighted by atomic mass is 32.1. The molecule has 4 aromatic rings. The number of aryl methyl sites for hydroxylation is 3. The van der Waals surface area contributed by atoms with E-state index in [2.05, 4.69) is 20.5 Å². The van der Waals surface area contributed by atoms with Gasteiger partial charge in [-0.2, -0.15) is 10.2 Å². The first-order valence-electron chi connectivity index (χ1n) is 9.60. The molecule has 0 radical (unpaired) electrons. The molecule has 0 spiro atoms. The van der Waals surface area contributed by atoms with Crippen LogP contribution in [0.15, 0.2) is 24.5 Å². The van der Waals surface area contributed by atoms with Gasteiger partial charge < -0.3 is 11.1 Å². The first kappa shape index (κ1) is 21.6. The van der Waals surface area contributed by atoms with Crippen molar-refractivity contribution in [2.45, 2.75) is 26.8 Å². The number of halogens is 2. The standard InChI is InChI=1S/C20H19F2N7O2S/c1-4-29-8-11(9(2)26-29)10-7-13(17(21)22)24-20-14(10)15(16(32-20)18(23)30)25-19(31)12-5-6-28(3)27-12/h5-8,17H,4H2,1-3H3,(H2,23,30)(H,25,31). The van der Waals surface area contributed by atoms with Gasteiger partial charge in [-0.15, -0.1) is 11.3 Å². The first-order chi connectivity index (χ1) is 15.2. The maximum Gasteiger partial charge on any atom is 0.280 e. The number of nitrogens with zero attached hydrogens (tertiary/aromatic N) is 5. The van der Waals surface area contributed by atoms with Gasteiger partial charge in [0.25, 0.3) is 18.2 Å². The van der Waals surface area contributed by atoms with E-state index in [4.69, 9.17) is 5.73 Å². The topological polar surface area (TPSA) is 121 Å². The molecule has 4 heterocycles. The highest BCUT2D eigenvalue weighted by molar-refractivity contribution is 7.21. The van der Waals surface area contributed by atoms with Gasteiger partial charge in [0.2, 0.25) is 0 Å². The summed E-state index contributed by atoms with van der Waals surface area (Å²) in [5, 5.41) is 11.5. The minimum atomic E-state index is -2.83. The summed E-state index contributed by atoms with van der Waals surface area (Å²) in [4.78, 5) is 29.2. The number of fused-ring (bicyclic) bond motifs is 1. The van der Waals surface area contributed by atoms with Crippen molar-refractivity contribution in [2.24, 2.45) is 12.8 Å². The molecule has 9 nitrogen and oxygen atoms in total. The van der Waals surface area contributed by atoms with E-state index in [0.29, 0.717) is 28.8 Å². The third-order valence-corrected chi connectivity index (χ3v) is 5.97. The number of pyridine rings is 1. The fraction of sp³-hybridized carbons (Fsp3) is 0.250. The lowest BCUT2D eigenvalue weighted by Gasteiger charge is -2.10. The predicted molar refractivity (Wildman–Crippen MR) is 116 cm³/mol. The number of carbonyl (C=O) groups is 2. The Kier molecular flexibility index (Phi) is 5.46. The fourth-order valence-corrected chi connectivity index (χ4v) is 4.41. The third kappa shape index (κ3) is 3.73. The monoisotopic (exact) mass is 459 g/mol. The Bertz CT molecular complexity index is 1360. The van der Waals surface area contributed by atoms with Gasteiger partial charge >= 0.3 is 0 Å². The van der Waals surface area contributed by atoms with E-state index in [0.717, 1.165) is 11.3 Å². The van der Waals surface area contributed by atoms with Gasteiger partial charge in [0.1, 0.15) is 15.4 Å². The van der Waals surface area contributed by atoms with E-state index in [1.54, 1.807) is 31.0 Å². The molecule has 0 aliphatic carbocycles. The molecule has 12 heteroatoms. The van der Waals surface area contributed by atoms with E-state index in [1.165, 1.54) is 16.8 Å². The van der Waals surface area contributed by atoms with Gasteiger partial charge in [0.15, 0.2) is 5.69 Å². The summed E-state index contributed by atoms with van der Waals surface area (Å²) in [6.45, 7) is 4.23. The number of nitrogens with two attached hydrogens (primary N) is 1. The van der Waals surface area contributed by atoms with Crippen LogP contribution in [0, 0.1) is 6.92 Å². The zero-order chi connectivity index (χ0) is 23.2. The lowest BCUT2D eigenvalue weighted by Crippen LogP contribution is -2.17. The number of rotatable bonds is 6. The normalized spacial score (nSPS) is 11.4. The smallest absolute Gasteiger partial charge is 0.280 e. The Labute approximate surface area is 184 Å². The average molecular weight is 459 g/mol. The number of alkyl halides is 2. The second-order valence-electron chi connectivity index (χ2n) is 7.06. The van der Waals surface area contributed by atoms with Gasteiger partial charge in [-0.3, -0.25) is 19.0 Å². The van der Waals surface area contributed by atoms with Crippen molar-refractivity contribution in [2.75, 3.05) is 5.32 Å². The Morgan fingerprint density at radius 3 is 2.59 bits per heavy atom. The van der Waals surface area contributed by atoms with Crippen LogP contribution in [0.5, 0.6) is 0 Å². The second-order valence-corrected chi connectivity index (χ2v) is 8.06. The summed E-state index contributed by atoms with van der Waals surface area (Å²) < 4.78 is 30.4. The molecule has 3 N–H and O–H groups in total. The lowest BCUT2D eigenvalue weighted by atomic mass is 10.0. The Morgan fingerprint density at radius 2 is 2.03 bits per heavy atom. The van der Waals surface area contributed by atoms with Crippen molar-refractivity contribution in [1.82, 2.24) is 24.5 Å². The van der Waals surface area contributed by atoms with Crippen molar-refractivity contribution < 1.29 is 18.4 Å². The van der Waals surface area contributed by atoms with Gasteiger partial charge in [0, 0.05) is 36.9 Å². The Hall–Kier alpha value is -3.67. The van der Waals surface area contributed by atoms with Crippen LogP contribution in [-0.4, -0.2) is 36.4 Å². The molecule has 166 valence electrons. The third-order valence-electron chi connectivity index (χ3n) is 4.87. The van der Waals surface area contributed by atoms with E-state index >= 15 is 0 Å². The largest absolute Gasteiger partial charge is 0.365 e. The van der Waals surface area contributed by atoms with Crippen molar-refractivity contribution in [3.63, 3.8) is 0 Å². The Balaban J connectivity index is 1.99. The van der Waals surface area contributed by atoms with Crippen LogP contribution in [0.25, 0.3) is 21.3 Å². The molecule has 0 bridgehead atoms. The van der Waals surface area contributed by atoms with E-state index in [-0.39, 0.29) is 21.1 Å². The zero-order valence-electron chi connectivity index (χ0n) is 17.4. The summed E-state index contributed by atoms with van der Waals surface area (Å²) in [5.41, 5.74) is 6.90. The fourth-order valence-electron chi connectivity index (χ4n) is 3.39. The van der Waals surface area contributed by atoms with Gasteiger partial charge in [-0.1, -0.05) is 0 Å². The predicted octanol–water partition coefficient (Wildman–Crippen LogP) is 3.51. The van der Waals surface area contributed by atoms with Gasteiger partial charge in [0.05, 0.1) is 11.4 Å². The number of aromatic nitrogens is 5. The SMILES string of the molecule is CCn1cc(-c2cc(C(F)F)nc3sc(C(N)=O)c(NC(=O)c4ccn(C)n4)c23)c(C)n1. The highest BCUT2D eigenvalue weighted by Gasteiger charge is 2.26. The van der Waals surface area contributed by atoms with Crippen LogP contribution in [-0.2, 0) is 13.6 Å². The molecule has 2 amide bonds. The minimum Gasteiger partial charge on any atom is -0.365 e. The average Bonchev–Trinajstić information content (AvgIpc) is 3.44. The van der Waals surface area contributed by atoms with Crippen molar-refractivity contribution >= 4 is 39.1 Å². The molecule has 0 atom stereocenters. The number of carbonyl (C=O) groups excluding carboxylic acids is 2. The number of hydrogen-bond acceptors (Lipinski definition) is 6. The summed E-state index contributed by atoms with van der Waals surface area (Å²) >= 11 is 0.847. The first-order valence-corrected chi connectivity index (χ1v) is 10.4. The minimum absolute atomic E-state index is 0.00461. The Morgan fingerprint density at radius 1 is 1.28 bits per heavy atom. The maximum atomic E-state index is 13.6. The quantitative estimate of drug-likeness (QED) is 0.457.